The number of pyridine rings is 1. The third kappa shape index (κ3) is 5.74. The molecule has 5 heterocycles. The maximum Gasteiger partial charge on any atom is 0.415 e. The maximum atomic E-state index is 13.6. The molecule has 0 radical (unpaired) electrons. The van der Waals surface area contributed by atoms with E-state index in [1.54, 1.807) is 41.0 Å². The minimum Gasteiger partial charge on any atom is -0.489 e. The molecule has 2 aliphatic rings. The number of fused-ring (bicyclic) bond motifs is 2. The van der Waals surface area contributed by atoms with Crippen LogP contribution < -0.4 is 20.1 Å². The van der Waals surface area contributed by atoms with Crippen LogP contribution in [0.5, 0.6) is 11.5 Å². The van der Waals surface area contributed by atoms with Gasteiger partial charge in [0.1, 0.15) is 11.3 Å². The van der Waals surface area contributed by atoms with Crippen molar-refractivity contribution in [2.24, 2.45) is 17.3 Å². The second-order valence-corrected chi connectivity index (χ2v) is 10.8. The number of benzene rings is 1. The zero-order valence-corrected chi connectivity index (χ0v) is 24.4. The van der Waals surface area contributed by atoms with Crippen LogP contribution in [-0.4, -0.2) is 74.5 Å². The summed E-state index contributed by atoms with van der Waals surface area (Å²) < 4.78 is 15.4. The van der Waals surface area contributed by atoms with Gasteiger partial charge in [-0.25, -0.2) is 9.78 Å². The smallest absolute Gasteiger partial charge is 0.415 e. The zero-order valence-electron chi connectivity index (χ0n) is 24.4. The van der Waals surface area contributed by atoms with Crippen LogP contribution >= 0.6 is 0 Å². The largest absolute Gasteiger partial charge is 0.489 e. The van der Waals surface area contributed by atoms with Crippen LogP contribution in [0.25, 0.3) is 16.6 Å². The molecule has 3 aromatic heterocycles. The molecule has 2 N–H and O–H groups in total. The standard InChI is InChI=1S/C30H33N9O4/c1-5-6-9-30(35-36-30)10-15-42-25-16-21(17-39-20(3)19(2)32-27(25)39)33-28(40)22-7-8-24(23-18-37(4)34-26(22)23)43-29(41)38-13-11-31-12-14-38/h1,7-8,16-18,31H,6,9-15H2,2-4H3,(H,33,40). The summed E-state index contributed by atoms with van der Waals surface area (Å²) in [6.45, 7) is 6.81. The predicted octanol–water partition coefficient (Wildman–Crippen LogP) is 3.84. The molecule has 1 fully saturated rings. The third-order valence-electron chi connectivity index (χ3n) is 7.80. The number of ether oxygens (including phenoxy) is 2. The van der Waals surface area contributed by atoms with Gasteiger partial charge in [-0.15, -0.1) is 12.3 Å². The van der Waals surface area contributed by atoms with Crippen molar-refractivity contribution < 1.29 is 19.1 Å². The lowest BCUT2D eigenvalue weighted by atomic mass is 10.1. The van der Waals surface area contributed by atoms with Gasteiger partial charge in [0, 0.05) is 76.6 Å². The molecular formula is C30H33N9O4. The number of nitrogens with zero attached hydrogens (tertiary/aromatic N) is 7. The molecule has 2 amide bonds. The fourth-order valence-corrected chi connectivity index (χ4v) is 5.18. The summed E-state index contributed by atoms with van der Waals surface area (Å²) in [5, 5.41) is 19.6. The van der Waals surface area contributed by atoms with Crippen molar-refractivity contribution >= 4 is 34.2 Å². The molecule has 13 heteroatoms. The number of rotatable bonds is 9. The summed E-state index contributed by atoms with van der Waals surface area (Å²) >= 11 is 0. The number of amides is 2. The molecule has 0 aliphatic carbocycles. The van der Waals surface area contributed by atoms with Gasteiger partial charge in [0.2, 0.25) is 0 Å². The maximum absolute atomic E-state index is 13.6. The van der Waals surface area contributed by atoms with E-state index in [4.69, 9.17) is 15.9 Å². The first kappa shape index (κ1) is 28.2. The van der Waals surface area contributed by atoms with Crippen molar-refractivity contribution in [2.75, 3.05) is 38.1 Å². The lowest BCUT2D eigenvalue weighted by Gasteiger charge is -2.26. The summed E-state index contributed by atoms with van der Waals surface area (Å²) in [6.07, 6.45) is 10.4. The van der Waals surface area contributed by atoms with E-state index < -0.39 is 11.8 Å². The van der Waals surface area contributed by atoms with Crippen LogP contribution in [-0.2, 0) is 7.05 Å². The Morgan fingerprint density at radius 3 is 2.67 bits per heavy atom. The molecule has 43 heavy (non-hydrogen) atoms. The van der Waals surface area contributed by atoms with E-state index in [0.717, 1.165) is 11.4 Å². The summed E-state index contributed by atoms with van der Waals surface area (Å²) in [6, 6.07) is 5.00. The van der Waals surface area contributed by atoms with Crippen LogP contribution in [0.2, 0.25) is 0 Å². The first-order valence-electron chi connectivity index (χ1n) is 14.2. The van der Waals surface area contributed by atoms with Crippen LogP contribution in [0.15, 0.2) is 40.8 Å². The molecule has 0 bridgehead atoms. The number of carbonyl (C=O) groups excluding carboxylic acids is 2. The quantitative estimate of drug-likeness (QED) is 0.285. The van der Waals surface area contributed by atoms with Gasteiger partial charge in [0.15, 0.2) is 17.1 Å². The minimum absolute atomic E-state index is 0.339. The molecule has 1 saturated heterocycles. The number of hydrogen-bond donors (Lipinski definition) is 2. The predicted molar refractivity (Wildman–Crippen MR) is 160 cm³/mol. The van der Waals surface area contributed by atoms with Gasteiger partial charge < -0.3 is 25.0 Å². The topological polar surface area (TPSA) is 140 Å². The van der Waals surface area contributed by atoms with E-state index >= 15 is 0 Å². The number of terminal acetylenes is 1. The van der Waals surface area contributed by atoms with Gasteiger partial charge in [-0.2, -0.15) is 15.3 Å². The number of aryl methyl sites for hydroxylation is 3. The number of carbonyl (C=O) groups is 2. The monoisotopic (exact) mass is 583 g/mol. The third-order valence-corrected chi connectivity index (χ3v) is 7.80. The van der Waals surface area contributed by atoms with Gasteiger partial charge in [0.25, 0.3) is 5.91 Å². The summed E-state index contributed by atoms with van der Waals surface area (Å²) in [4.78, 5) is 32.7. The Bertz CT molecular complexity index is 1790. The van der Waals surface area contributed by atoms with E-state index in [0.29, 0.717) is 91.3 Å². The highest BCUT2D eigenvalue weighted by Gasteiger charge is 2.39. The summed E-state index contributed by atoms with van der Waals surface area (Å²) in [7, 11) is 1.75. The Labute approximate surface area is 248 Å². The van der Waals surface area contributed by atoms with Gasteiger partial charge in [-0.1, -0.05) is 0 Å². The Kier molecular flexibility index (Phi) is 7.45. The molecule has 0 atom stereocenters. The normalized spacial score (nSPS) is 15.4. The lowest BCUT2D eigenvalue weighted by Crippen LogP contribution is -2.47. The van der Waals surface area contributed by atoms with Crippen LogP contribution in [0.4, 0.5) is 10.5 Å². The van der Waals surface area contributed by atoms with Crippen molar-refractivity contribution in [1.82, 2.24) is 29.4 Å². The highest BCUT2D eigenvalue weighted by molar-refractivity contribution is 6.13. The summed E-state index contributed by atoms with van der Waals surface area (Å²) in [5.41, 5.74) is 3.25. The van der Waals surface area contributed by atoms with Gasteiger partial charge in [-0.3, -0.25) is 13.9 Å². The molecule has 4 aromatic rings. The van der Waals surface area contributed by atoms with Gasteiger partial charge >= 0.3 is 6.09 Å². The van der Waals surface area contributed by atoms with E-state index in [9.17, 15) is 9.59 Å². The van der Waals surface area contributed by atoms with Crippen molar-refractivity contribution in [3.63, 3.8) is 0 Å². The van der Waals surface area contributed by atoms with Crippen LogP contribution in [0, 0.1) is 26.2 Å². The molecule has 0 spiro atoms. The molecule has 0 saturated carbocycles. The number of hydrogen-bond acceptors (Lipinski definition) is 9. The van der Waals surface area contributed by atoms with E-state index in [1.165, 1.54) is 0 Å². The van der Waals surface area contributed by atoms with Crippen molar-refractivity contribution in [2.45, 2.75) is 38.8 Å². The molecule has 2 aliphatic heterocycles. The fourth-order valence-electron chi connectivity index (χ4n) is 5.18. The Hall–Kier alpha value is -4.96. The van der Waals surface area contributed by atoms with E-state index in [-0.39, 0.29) is 5.91 Å². The van der Waals surface area contributed by atoms with Crippen molar-refractivity contribution in [1.29, 1.82) is 0 Å². The second-order valence-electron chi connectivity index (χ2n) is 10.8. The highest BCUT2D eigenvalue weighted by Crippen LogP contribution is 2.37. The molecule has 13 nitrogen and oxygen atoms in total. The second kappa shape index (κ2) is 11.4. The highest BCUT2D eigenvalue weighted by atomic mass is 16.6. The SMILES string of the molecule is C#CCCC1(CCOc2cc(NC(=O)c3ccc(OC(=O)N4CCNCC4)c4cn(C)nc34)cn3c(C)c(C)nc23)N=N1. The molecule has 0 unspecified atom stereocenters. The molecule has 222 valence electrons. The zero-order chi connectivity index (χ0) is 30.1. The number of nitrogens with one attached hydrogen (secondary N) is 2. The Morgan fingerprint density at radius 2 is 1.93 bits per heavy atom. The summed E-state index contributed by atoms with van der Waals surface area (Å²) in [5.74, 6) is 3.14. The first-order chi connectivity index (χ1) is 20.8. The van der Waals surface area contributed by atoms with Crippen molar-refractivity contribution in [3.05, 3.63) is 47.5 Å². The number of piperazine rings is 1. The number of anilines is 1. The fraction of sp³-hybridized carbons (Fsp3) is 0.400. The van der Waals surface area contributed by atoms with Crippen LogP contribution in [0.3, 0.4) is 0 Å². The molecule has 6 rings (SSSR count). The van der Waals surface area contributed by atoms with Gasteiger partial charge in [-0.05, 0) is 26.0 Å². The molecule has 1 aromatic carbocycles. The van der Waals surface area contributed by atoms with Crippen LogP contribution in [0.1, 0.15) is 41.0 Å². The van der Waals surface area contributed by atoms with E-state index in [2.05, 4.69) is 36.9 Å². The molecular weight excluding hydrogens is 550 g/mol. The number of imidazole rings is 1. The minimum atomic E-state index is -0.463. The lowest BCUT2D eigenvalue weighted by molar-refractivity contribution is 0.102. The first-order valence-corrected chi connectivity index (χ1v) is 14.2. The average molecular weight is 584 g/mol. The number of aromatic nitrogens is 4. The Balaban J connectivity index is 1.23. The van der Waals surface area contributed by atoms with Crippen molar-refractivity contribution in [3.8, 4) is 23.8 Å². The van der Waals surface area contributed by atoms with E-state index in [1.807, 2.05) is 24.4 Å². The average Bonchev–Trinajstić information content (AvgIpc) is 3.56. The Morgan fingerprint density at radius 1 is 1.14 bits per heavy atom. The van der Waals surface area contributed by atoms with Gasteiger partial charge in [0.05, 0.1) is 28.9 Å².